The number of benzene rings is 1. The van der Waals surface area contributed by atoms with Crippen molar-refractivity contribution in [3.63, 3.8) is 0 Å². The monoisotopic (exact) mass is 298 g/mol. The van der Waals surface area contributed by atoms with Gasteiger partial charge in [-0.3, -0.25) is 0 Å². The van der Waals surface area contributed by atoms with Crippen molar-refractivity contribution in [2.24, 2.45) is 5.92 Å². The second-order valence-electron chi connectivity index (χ2n) is 5.85. The zero-order valence-electron chi connectivity index (χ0n) is 13.2. The van der Waals surface area contributed by atoms with Crippen molar-refractivity contribution in [3.05, 3.63) is 28.8 Å². The van der Waals surface area contributed by atoms with Gasteiger partial charge in [-0.05, 0) is 44.1 Å². The number of nitrogens with one attached hydrogen (secondary N) is 1. The molecule has 1 atom stereocenters. The predicted octanol–water partition coefficient (Wildman–Crippen LogP) is 3.41. The second kappa shape index (κ2) is 8.50. The lowest BCUT2D eigenvalue weighted by Gasteiger charge is -2.26. The number of hydrogen-bond donors (Lipinski definition) is 1. The van der Waals surface area contributed by atoms with Gasteiger partial charge in [-0.25, -0.2) is 0 Å². The highest BCUT2D eigenvalue weighted by molar-refractivity contribution is 6.32. The Morgan fingerprint density at radius 1 is 1.30 bits per heavy atom. The van der Waals surface area contributed by atoms with E-state index in [9.17, 15) is 0 Å². The summed E-state index contributed by atoms with van der Waals surface area (Å²) in [4.78, 5) is 2.29. The minimum atomic E-state index is 0.559. The van der Waals surface area contributed by atoms with E-state index in [0.717, 1.165) is 18.8 Å². The Hall–Kier alpha value is -0.770. The molecule has 0 aliphatic heterocycles. The van der Waals surface area contributed by atoms with Gasteiger partial charge in [-0.1, -0.05) is 31.5 Å². The van der Waals surface area contributed by atoms with E-state index in [2.05, 4.69) is 38.2 Å². The zero-order valence-corrected chi connectivity index (χ0v) is 14.0. The Morgan fingerprint density at radius 3 is 2.50 bits per heavy atom. The van der Waals surface area contributed by atoms with Crippen LogP contribution in [0.4, 0.5) is 0 Å². The standard InChI is InChI=1S/C16H27ClN2O/c1-12(2)8-14(19(3)4)11-18-10-13-6-7-16(20-5)15(17)9-13/h6-7,9,12,14,18H,8,10-11H2,1-5H3. The minimum Gasteiger partial charge on any atom is -0.495 e. The fourth-order valence-corrected chi connectivity index (χ4v) is 2.50. The maximum Gasteiger partial charge on any atom is 0.137 e. The smallest absolute Gasteiger partial charge is 0.137 e. The molecule has 0 aromatic heterocycles. The third kappa shape index (κ3) is 5.70. The molecule has 4 heteroatoms. The number of nitrogens with zero attached hydrogens (tertiary/aromatic N) is 1. The van der Waals surface area contributed by atoms with E-state index in [-0.39, 0.29) is 0 Å². The first-order valence-corrected chi connectivity index (χ1v) is 7.51. The van der Waals surface area contributed by atoms with Crippen LogP contribution in [0.3, 0.4) is 0 Å². The molecule has 1 N–H and O–H groups in total. The molecule has 20 heavy (non-hydrogen) atoms. The zero-order chi connectivity index (χ0) is 15.1. The first-order chi connectivity index (χ1) is 9.43. The van der Waals surface area contributed by atoms with Crippen molar-refractivity contribution < 1.29 is 4.74 Å². The van der Waals surface area contributed by atoms with Gasteiger partial charge in [0, 0.05) is 19.1 Å². The van der Waals surface area contributed by atoms with E-state index in [4.69, 9.17) is 16.3 Å². The van der Waals surface area contributed by atoms with E-state index in [0.29, 0.717) is 17.0 Å². The first-order valence-electron chi connectivity index (χ1n) is 7.13. The molecule has 1 unspecified atom stereocenters. The average Bonchev–Trinajstić information content (AvgIpc) is 2.37. The van der Waals surface area contributed by atoms with Crippen molar-refractivity contribution in [1.82, 2.24) is 10.2 Å². The Labute approximate surface area is 128 Å². The summed E-state index contributed by atoms with van der Waals surface area (Å²) >= 11 is 6.13. The lowest BCUT2D eigenvalue weighted by Crippen LogP contribution is -2.38. The number of rotatable bonds is 8. The van der Waals surface area contributed by atoms with Crippen molar-refractivity contribution >= 4 is 11.6 Å². The van der Waals surface area contributed by atoms with Crippen LogP contribution in [-0.2, 0) is 6.54 Å². The topological polar surface area (TPSA) is 24.5 Å². The molecule has 114 valence electrons. The lowest BCUT2D eigenvalue weighted by molar-refractivity contribution is 0.246. The van der Waals surface area contributed by atoms with Gasteiger partial charge in [0.2, 0.25) is 0 Å². The van der Waals surface area contributed by atoms with Gasteiger partial charge in [0.25, 0.3) is 0 Å². The largest absolute Gasteiger partial charge is 0.495 e. The summed E-state index contributed by atoms with van der Waals surface area (Å²) in [7, 11) is 5.91. The molecule has 0 fully saturated rings. The number of hydrogen-bond acceptors (Lipinski definition) is 3. The molecule has 0 heterocycles. The number of halogens is 1. The van der Waals surface area contributed by atoms with E-state index in [1.165, 1.54) is 12.0 Å². The highest BCUT2D eigenvalue weighted by Gasteiger charge is 2.12. The van der Waals surface area contributed by atoms with Crippen molar-refractivity contribution in [2.45, 2.75) is 32.9 Å². The summed E-state index contributed by atoms with van der Waals surface area (Å²) in [5.41, 5.74) is 1.18. The fraction of sp³-hybridized carbons (Fsp3) is 0.625. The molecule has 0 saturated carbocycles. The van der Waals surface area contributed by atoms with Crippen LogP contribution in [-0.4, -0.2) is 38.7 Å². The number of ether oxygens (including phenoxy) is 1. The highest BCUT2D eigenvalue weighted by atomic mass is 35.5. The minimum absolute atomic E-state index is 0.559. The normalized spacial score (nSPS) is 13.0. The van der Waals surface area contributed by atoms with E-state index in [1.54, 1.807) is 7.11 Å². The van der Waals surface area contributed by atoms with E-state index in [1.807, 2.05) is 18.2 Å². The summed E-state index contributed by atoms with van der Waals surface area (Å²) in [6.45, 7) is 6.33. The molecule has 0 aliphatic rings. The Balaban J connectivity index is 2.48. The van der Waals surface area contributed by atoms with Gasteiger partial charge in [-0.15, -0.1) is 0 Å². The molecule has 0 aliphatic carbocycles. The third-order valence-electron chi connectivity index (χ3n) is 3.40. The van der Waals surface area contributed by atoms with Crippen LogP contribution >= 0.6 is 11.6 Å². The van der Waals surface area contributed by atoms with Crippen molar-refractivity contribution in [1.29, 1.82) is 0 Å². The summed E-state index contributed by atoms with van der Waals surface area (Å²) in [6.07, 6.45) is 1.20. The van der Waals surface area contributed by atoms with Crippen LogP contribution in [0.15, 0.2) is 18.2 Å². The number of likely N-dealkylation sites (N-methyl/N-ethyl adjacent to an activating group) is 1. The van der Waals surface area contributed by atoms with Crippen LogP contribution in [0, 0.1) is 5.92 Å². The SMILES string of the molecule is COc1ccc(CNCC(CC(C)C)N(C)C)cc1Cl. The molecule has 0 amide bonds. The maximum atomic E-state index is 6.13. The fourth-order valence-electron chi connectivity index (χ4n) is 2.22. The summed E-state index contributed by atoms with van der Waals surface area (Å²) in [6, 6.07) is 6.48. The molecule has 3 nitrogen and oxygen atoms in total. The van der Waals surface area contributed by atoms with Gasteiger partial charge >= 0.3 is 0 Å². The van der Waals surface area contributed by atoms with Crippen LogP contribution in [0.25, 0.3) is 0 Å². The third-order valence-corrected chi connectivity index (χ3v) is 3.69. The van der Waals surface area contributed by atoms with E-state index < -0.39 is 0 Å². The molecule has 1 aromatic carbocycles. The number of methoxy groups -OCH3 is 1. The molecule has 1 aromatic rings. The van der Waals surface area contributed by atoms with Gasteiger partial charge in [0.05, 0.1) is 12.1 Å². The summed E-state index contributed by atoms with van der Waals surface area (Å²) in [5.74, 6) is 1.43. The van der Waals surface area contributed by atoms with E-state index >= 15 is 0 Å². The second-order valence-corrected chi connectivity index (χ2v) is 6.25. The maximum absolute atomic E-state index is 6.13. The Kier molecular flexibility index (Phi) is 7.35. The molecule has 0 bridgehead atoms. The average molecular weight is 299 g/mol. The van der Waals surface area contributed by atoms with Crippen LogP contribution in [0.2, 0.25) is 5.02 Å². The summed E-state index contributed by atoms with van der Waals surface area (Å²) in [5, 5.41) is 4.18. The van der Waals surface area contributed by atoms with Gasteiger partial charge in [0.1, 0.15) is 5.75 Å². The lowest BCUT2D eigenvalue weighted by atomic mass is 10.0. The van der Waals surface area contributed by atoms with Gasteiger partial charge in [-0.2, -0.15) is 0 Å². The highest BCUT2D eigenvalue weighted by Crippen LogP contribution is 2.24. The molecule has 1 rings (SSSR count). The van der Waals surface area contributed by atoms with Crippen LogP contribution < -0.4 is 10.1 Å². The first kappa shape index (κ1) is 17.3. The molecular formula is C16H27ClN2O. The molecular weight excluding hydrogens is 272 g/mol. The van der Waals surface area contributed by atoms with Crippen LogP contribution in [0.1, 0.15) is 25.8 Å². The molecule has 0 spiro atoms. The van der Waals surface area contributed by atoms with Crippen molar-refractivity contribution in [3.8, 4) is 5.75 Å². The van der Waals surface area contributed by atoms with Crippen LogP contribution in [0.5, 0.6) is 5.75 Å². The molecule has 0 saturated heterocycles. The van der Waals surface area contributed by atoms with Gasteiger partial charge < -0.3 is 15.0 Å². The van der Waals surface area contributed by atoms with Crippen molar-refractivity contribution in [2.75, 3.05) is 27.7 Å². The quantitative estimate of drug-likeness (QED) is 0.796. The Morgan fingerprint density at radius 2 is 2.00 bits per heavy atom. The Bertz CT molecular complexity index is 407. The predicted molar refractivity (Wildman–Crippen MR) is 86.6 cm³/mol. The summed E-state index contributed by atoms with van der Waals surface area (Å²) < 4.78 is 5.16. The van der Waals surface area contributed by atoms with Gasteiger partial charge in [0.15, 0.2) is 0 Å². The molecule has 0 radical (unpaired) electrons.